The van der Waals surface area contributed by atoms with Crippen molar-refractivity contribution < 1.29 is 19.1 Å². The van der Waals surface area contributed by atoms with Crippen molar-refractivity contribution in [2.45, 2.75) is 12.8 Å². The van der Waals surface area contributed by atoms with E-state index in [0.29, 0.717) is 41.2 Å². The van der Waals surface area contributed by atoms with Gasteiger partial charge in [0.1, 0.15) is 5.75 Å². The number of carbonyl (C=O) groups excluding carboxylic acids is 3. The number of hydrogen-bond acceptors (Lipinski definition) is 4. The van der Waals surface area contributed by atoms with Crippen molar-refractivity contribution in [1.82, 2.24) is 0 Å². The molecule has 3 aromatic rings. The molecule has 1 fully saturated rings. The van der Waals surface area contributed by atoms with E-state index in [4.69, 9.17) is 4.74 Å². The van der Waals surface area contributed by atoms with Crippen LogP contribution in [-0.4, -0.2) is 31.4 Å². The fourth-order valence-electron chi connectivity index (χ4n) is 3.60. The number of benzene rings is 3. The smallest absolute Gasteiger partial charge is 0.257 e. The van der Waals surface area contributed by atoms with Crippen molar-refractivity contribution in [3.63, 3.8) is 0 Å². The Labute approximate surface area is 186 Å². The van der Waals surface area contributed by atoms with E-state index < -0.39 is 0 Å². The highest BCUT2D eigenvalue weighted by Gasteiger charge is 2.22. The van der Waals surface area contributed by atoms with Crippen LogP contribution in [0.3, 0.4) is 0 Å². The molecule has 7 nitrogen and oxygen atoms in total. The summed E-state index contributed by atoms with van der Waals surface area (Å²) in [7, 11) is 1.56. The molecule has 162 valence electrons. The summed E-state index contributed by atoms with van der Waals surface area (Å²) in [6.07, 6.45) is 1.40. The van der Waals surface area contributed by atoms with Crippen LogP contribution in [0.1, 0.15) is 33.6 Å². The van der Waals surface area contributed by atoms with Gasteiger partial charge in [0.2, 0.25) is 5.91 Å². The highest BCUT2D eigenvalue weighted by molar-refractivity contribution is 6.12. The quantitative estimate of drug-likeness (QED) is 0.611. The maximum absolute atomic E-state index is 12.8. The average Bonchev–Trinajstić information content (AvgIpc) is 3.25. The lowest BCUT2D eigenvalue weighted by Crippen LogP contribution is -2.23. The highest BCUT2D eigenvalue weighted by atomic mass is 16.5. The van der Waals surface area contributed by atoms with Gasteiger partial charge >= 0.3 is 0 Å². The summed E-state index contributed by atoms with van der Waals surface area (Å²) in [5.74, 6) is 0.0321. The zero-order chi connectivity index (χ0) is 22.5. The van der Waals surface area contributed by atoms with Gasteiger partial charge in [0.05, 0.1) is 18.4 Å². The van der Waals surface area contributed by atoms with Crippen molar-refractivity contribution in [3.8, 4) is 5.75 Å². The van der Waals surface area contributed by atoms with Crippen LogP contribution in [0.2, 0.25) is 0 Å². The number of amides is 3. The Hall–Kier alpha value is -4.13. The number of hydrogen-bond donors (Lipinski definition) is 2. The second-order valence-electron chi connectivity index (χ2n) is 7.38. The third-order valence-corrected chi connectivity index (χ3v) is 5.26. The van der Waals surface area contributed by atoms with Crippen LogP contribution in [0.15, 0.2) is 72.8 Å². The second-order valence-corrected chi connectivity index (χ2v) is 7.38. The minimum absolute atomic E-state index is 0.0955. The summed E-state index contributed by atoms with van der Waals surface area (Å²) in [6.45, 7) is 0.695. The molecule has 0 spiro atoms. The van der Waals surface area contributed by atoms with E-state index in [1.54, 1.807) is 84.8 Å². The SMILES string of the molecule is COc1cccc(NC(=O)c2ccccc2NC(=O)c2ccc(N3CCCC3=O)cc2)c1. The minimum Gasteiger partial charge on any atom is -0.497 e. The van der Waals surface area contributed by atoms with Crippen LogP contribution in [0.4, 0.5) is 17.1 Å². The molecule has 0 radical (unpaired) electrons. The third-order valence-electron chi connectivity index (χ3n) is 5.26. The monoisotopic (exact) mass is 429 g/mol. The first-order chi connectivity index (χ1) is 15.5. The molecule has 0 saturated carbocycles. The number of methoxy groups -OCH3 is 1. The molecule has 4 rings (SSSR count). The predicted molar refractivity (Wildman–Crippen MR) is 123 cm³/mol. The van der Waals surface area contributed by atoms with E-state index in [9.17, 15) is 14.4 Å². The summed E-state index contributed by atoms with van der Waals surface area (Å²) in [5.41, 5.74) is 2.53. The maximum atomic E-state index is 12.8. The third kappa shape index (κ3) is 4.62. The number of rotatable bonds is 6. The molecule has 0 bridgehead atoms. The van der Waals surface area contributed by atoms with E-state index in [0.717, 1.165) is 12.1 Å². The largest absolute Gasteiger partial charge is 0.497 e. The fraction of sp³-hybridized carbons (Fsp3) is 0.160. The van der Waals surface area contributed by atoms with Crippen LogP contribution >= 0.6 is 0 Å². The molecule has 1 aliphatic rings. The van der Waals surface area contributed by atoms with E-state index in [-0.39, 0.29) is 17.7 Å². The first-order valence-electron chi connectivity index (χ1n) is 10.3. The lowest BCUT2D eigenvalue weighted by atomic mass is 10.1. The topological polar surface area (TPSA) is 87.7 Å². The van der Waals surface area contributed by atoms with Gasteiger partial charge in [-0.2, -0.15) is 0 Å². The lowest BCUT2D eigenvalue weighted by Gasteiger charge is -2.16. The normalized spacial score (nSPS) is 13.0. The Bertz CT molecular complexity index is 1160. The molecule has 7 heteroatoms. The minimum atomic E-state index is -0.350. The molecule has 1 saturated heterocycles. The molecular formula is C25H23N3O4. The van der Waals surface area contributed by atoms with Crippen molar-refractivity contribution in [2.24, 2.45) is 0 Å². The first kappa shape index (κ1) is 21.1. The highest BCUT2D eigenvalue weighted by Crippen LogP contribution is 2.23. The number of nitrogens with one attached hydrogen (secondary N) is 2. The van der Waals surface area contributed by atoms with Gasteiger partial charge in [-0.05, 0) is 55.0 Å². The van der Waals surface area contributed by atoms with Crippen LogP contribution < -0.4 is 20.3 Å². The lowest BCUT2D eigenvalue weighted by molar-refractivity contribution is -0.117. The fourth-order valence-corrected chi connectivity index (χ4v) is 3.60. The number of carbonyl (C=O) groups is 3. The van der Waals surface area contributed by atoms with Crippen molar-refractivity contribution >= 4 is 34.8 Å². The van der Waals surface area contributed by atoms with Crippen molar-refractivity contribution in [1.29, 1.82) is 0 Å². The van der Waals surface area contributed by atoms with Crippen LogP contribution in [0, 0.1) is 0 Å². The zero-order valence-electron chi connectivity index (χ0n) is 17.6. The van der Waals surface area contributed by atoms with Gasteiger partial charge < -0.3 is 20.3 Å². The Morgan fingerprint density at radius 2 is 1.69 bits per heavy atom. The van der Waals surface area contributed by atoms with E-state index >= 15 is 0 Å². The van der Waals surface area contributed by atoms with Crippen molar-refractivity contribution in [2.75, 3.05) is 29.2 Å². The van der Waals surface area contributed by atoms with Gasteiger partial charge in [-0.1, -0.05) is 18.2 Å². The number of nitrogens with zero attached hydrogens (tertiary/aromatic N) is 1. The molecule has 3 aromatic carbocycles. The summed E-state index contributed by atoms with van der Waals surface area (Å²) in [5, 5.41) is 5.63. The summed E-state index contributed by atoms with van der Waals surface area (Å²) in [4.78, 5) is 39.2. The van der Waals surface area contributed by atoms with E-state index in [2.05, 4.69) is 10.6 Å². The zero-order valence-corrected chi connectivity index (χ0v) is 17.6. The van der Waals surface area contributed by atoms with Crippen LogP contribution in [0.25, 0.3) is 0 Å². The average molecular weight is 429 g/mol. The second kappa shape index (κ2) is 9.34. The number of anilines is 3. The predicted octanol–water partition coefficient (Wildman–Crippen LogP) is 4.33. The standard InChI is InChI=1S/C25H23N3O4/c1-32-20-7-4-6-18(16-20)26-25(31)21-8-2-3-9-22(21)27-24(30)17-11-13-19(14-12-17)28-15-5-10-23(28)29/h2-4,6-9,11-14,16H,5,10,15H2,1H3,(H,26,31)(H,27,30). The Morgan fingerprint density at radius 3 is 2.41 bits per heavy atom. The summed E-state index contributed by atoms with van der Waals surface area (Å²) < 4.78 is 5.18. The molecule has 3 amide bonds. The summed E-state index contributed by atoms with van der Waals surface area (Å²) >= 11 is 0. The number of para-hydroxylation sites is 1. The maximum Gasteiger partial charge on any atom is 0.257 e. The number of ether oxygens (including phenoxy) is 1. The molecule has 0 unspecified atom stereocenters. The Kier molecular flexibility index (Phi) is 6.17. The molecule has 1 heterocycles. The van der Waals surface area contributed by atoms with E-state index in [1.807, 2.05) is 0 Å². The van der Waals surface area contributed by atoms with Gasteiger partial charge in [-0.3, -0.25) is 14.4 Å². The molecule has 1 aliphatic heterocycles. The molecular weight excluding hydrogens is 406 g/mol. The van der Waals surface area contributed by atoms with Gasteiger partial charge in [0.25, 0.3) is 11.8 Å². The van der Waals surface area contributed by atoms with E-state index in [1.165, 1.54) is 0 Å². The summed E-state index contributed by atoms with van der Waals surface area (Å²) in [6, 6.07) is 20.7. The first-order valence-corrected chi connectivity index (χ1v) is 10.3. The molecule has 0 aliphatic carbocycles. The molecule has 32 heavy (non-hydrogen) atoms. The molecule has 2 N–H and O–H groups in total. The van der Waals surface area contributed by atoms with Crippen LogP contribution in [-0.2, 0) is 4.79 Å². The van der Waals surface area contributed by atoms with Gasteiger partial charge in [0, 0.05) is 36.0 Å². The van der Waals surface area contributed by atoms with Gasteiger partial charge in [0.15, 0.2) is 0 Å². The Balaban J connectivity index is 1.48. The molecule has 0 atom stereocenters. The van der Waals surface area contributed by atoms with Gasteiger partial charge in [-0.25, -0.2) is 0 Å². The van der Waals surface area contributed by atoms with Crippen molar-refractivity contribution in [3.05, 3.63) is 83.9 Å². The Morgan fingerprint density at radius 1 is 0.906 bits per heavy atom. The molecule has 0 aromatic heterocycles. The van der Waals surface area contributed by atoms with Gasteiger partial charge in [-0.15, -0.1) is 0 Å². The van der Waals surface area contributed by atoms with Crippen LogP contribution in [0.5, 0.6) is 5.75 Å².